The first-order valence-electron chi connectivity index (χ1n) is 8.12. The Bertz CT molecular complexity index is 1220. The van der Waals surface area contributed by atoms with Crippen LogP contribution in [0.2, 0.25) is 5.02 Å². The van der Waals surface area contributed by atoms with Gasteiger partial charge in [-0.05, 0) is 42.5 Å². The lowest BCUT2D eigenvalue weighted by molar-refractivity contribution is -0.159. The number of amides is 1. The first-order chi connectivity index (χ1) is 14.0. The Labute approximate surface area is 174 Å². The standard InChI is InChI=1S/C18H13ClF3N3O4S/c1-28-14-9-10(3-8-13(14)15-23-17(29-24-15)18(20,21)22)16(26)25-30(2,27)12-6-4-11(19)5-7-12/h3-9H,1-2H3. The molecular weight excluding hydrogens is 447 g/mol. The molecule has 0 fully saturated rings. The number of carbonyl (C=O) groups is 1. The van der Waals surface area contributed by atoms with Gasteiger partial charge in [0.2, 0.25) is 5.82 Å². The summed E-state index contributed by atoms with van der Waals surface area (Å²) in [4.78, 5) is 16.1. The molecule has 0 saturated carbocycles. The van der Waals surface area contributed by atoms with E-state index in [0.717, 1.165) is 0 Å². The second kappa shape index (κ2) is 8.07. The molecule has 2 aromatic carbocycles. The van der Waals surface area contributed by atoms with Gasteiger partial charge in [0, 0.05) is 21.7 Å². The molecule has 0 N–H and O–H groups in total. The highest BCUT2D eigenvalue weighted by Gasteiger charge is 2.38. The molecule has 0 aliphatic carbocycles. The predicted octanol–water partition coefficient (Wildman–Crippen LogP) is 4.71. The third-order valence-corrected chi connectivity index (χ3v) is 5.78. The number of rotatable bonds is 4. The van der Waals surface area contributed by atoms with Gasteiger partial charge in [0.1, 0.15) is 5.75 Å². The van der Waals surface area contributed by atoms with Crippen molar-refractivity contribution in [1.29, 1.82) is 0 Å². The van der Waals surface area contributed by atoms with Crippen molar-refractivity contribution in [2.45, 2.75) is 11.1 Å². The van der Waals surface area contributed by atoms with Crippen LogP contribution in [0.15, 0.2) is 56.2 Å². The normalized spacial score (nSPS) is 13.5. The first kappa shape index (κ1) is 21.8. The van der Waals surface area contributed by atoms with Crippen LogP contribution in [0.5, 0.6) is 5.75 Å². The predicted molar refractivity (Wildman–Crippen MR) is 102 cm³/mol. The van der Waals surface area contributed by atoms with Gasteiger partial charge in [-0.15, -0.1) is 0 Å². The third kappa shape index (κ3) is 4.62. The number of aromatic nitrogens is 2. The maximum absolute atomic E-state index is 12.8. The summed E-state index contributed by atoms with van der Waals surface area (Å²) in [6.45, 7) is 0. The number of carbonyl (C=O) groups excluding carboxylic acids is 1. The molecule has 3 aromatic rings. The minimum atomic E-state index is -4.80. The zero-order chi connectivity index (χ0) is 22.1. The van der Waals surface area contributed by atoms with Gasteiger partial charge in [0.15, 0.2) is 0 Å². The molecule has 0 aliphatic heterocycles. The van der Waals surface area contributed by atoms with Crippen molar-refractivity contribution < 1.29 is 31.4 Å². The molecule has 30 heavy (non-hydrogen) atoms. The van der Waals surface area contributed by atoms with Crippen LogP contribution in [0, 0.1) is 0 Å². The molecule has 0 aliphatic rings. The fraction of sp³-hybridized carbons (Fsp3) is 0.167. The zero-order valence-electron chi connectivity index (χ0n) is 15.4. The molecule has 1 amide bonds. The van der Waals surface area contributed by atoms with Crippen LogP contribution in [0.3, 0.4) is 0 Å². The van der Waals surface area contributed by atoms with Crippen LogP contribution in [-0.2, 0) is 15.9 Å². The van der Waals surface area contributed by atoms with Crippen molar-refractivity contribution >= 4 is 27.2 Å². The van der Waals surface area contributed by atoms with Gasteiger partial charge in [-0.2, -0.15) is 22.5 Å². The molecule has 158 valence electrons. The average Bonchev–Trinajstić information content (AvgIpc) is 3.18. The molecule has 0 bridgehead atoms. The van der Waals surface area contributed by atoms with Gasteiger partial charge in [-0.3, -0.25) is 4.79 Å². The van der Waals surface area contributed by atoms with Crippen LogP contribution in [-0.4, -0.2) is 33.6 Å². The minimum Gasteiger partial charge on any atom is -0.496 e. The topological polar surface area (TPSA) is 94.7 Å². The number of hydrogen-bond acceptors (Lipinski definition) is 6. The van der Waals surface area contributed by atoms with E-state index in [9.17, 15) is 22.2 Å². The second-order valence-corrected chi connectivity index (χ2v) is 8.68. The number of methoxy groups -OCH3 is 1. The van der Waals surface area contributed by atoms with Crippen molar-refractivity contribution in [3.05, 3.63) is 58.9 Å². The summed E-state index contributed by atoms with van der Waals surface area (Å²) in [6.07, 6.45) is -3.49. The number of halogens is 4. The summed E-state index contributed by atoms with van der Waals surface area (Å²) in [5.74, 6) is -2.66. The van der Waals surface area contributed by atoms with E-state index in [1.54, 1.807) is 0 Å². The molecule has 1 unspecified atom stereocenters. The van der Waals surface area contributed by atoms with Gasteiger partial charge >= 0.3 is 12.1 Å². The highest BCUT2D eigenvalue weighted by atomic mass is 35.5. The Kier molecular flexibility index (Phi) is 5.86. The number of ether oxygens (including phenoxy) is 1. The molecule has 1 atom stereocenters. The summed E-state index contributed by atoms with van der Waals surface area (Å²) in [5.41, 5.74) is 0.0851. The molecule has 7 nitrogen and oxygen atoms in total. The largest absolute Gasteiger partial charge is 0.496 e. The highest BCUT2D eigenvalue weighted by molar-refractivity contribution is 7.93. The zero-order valence-corrected chi connectivity index (χ0v) is 17.0. The van der Waals surface area contributed by atoms with Crippen LogP contribution >= 0.6 is 11.6 Å². The SMILES string of the molecule is COc1cc(C(=O)N=S(C)(=O)c2ccc(Cl)cc2)ccc1-c1noc(C(F)(F)F)n1. The van der Waals surface area contributed by atoms with Crippen LogP contribution in [0.4, 0.5) is 13.2 Å². The van der Waals surface area contributed by atoms with Gasteiger partial charge in [0.05, 0.1) is 22.4 Å². The van der Waals surface area contributed by atoms with Gasteiger partial charge in [-0.1, -0.05) is 16.8 Å². The third-order valence-electron chi connectivity index (χ3n) is 3.87. The minimum absolute atomic E-state index is 0.0127. The lowest BCUT2D eigenvalue weighted by Gasteiger charge is -2.08. The Morgan fingerprint density at radius 2 is 1.87 bits per heavy atom. The van der Waals surface area contributed by atoms with Crippen molar-refractivity contribution in [2.24, 2.45) is 4.36 Å². The highest BCUT2D eigenvalue weighted by Crippen LogP contribution is 2.33. The Morgan fingerprint density at radius 1 is 1.20 bits per heavy atom. The van der Waals surface area contributed by atoms with Crippen molar-refractivity contribution in [2.75, 3.05) is 13.4 Å². The van der Waals surface area contributed by atoms with E-state index in [4.69, 9.17) is 16.3 Å². The molecule has 0 radical (unpaired) electrons. The van der Waals surface area contributed by atoms with Gasteiger partial charge < -0.3 is 9.26 Å². The van der Waals surface area contributed by atoms with Gasteiger partial charge in [-0.25, -0.2) is 4.21 Å². The van der Waals surface area contributed by atoms with Crippen molar-refractivity contribution in [3.8, 4) is 17.1 Å². The lowest BCUT2D eigenvalue weighted by atomic mass is 10.1. The van der Waals surface area contributed by atoms with Crippen molar-refractivity contribution in [3.63, 3.8) is 0 Å². The van der Waals surface area contributed by atoms with E-state index in [-0.39, 0.29) is 22.7 Å². The molecule has 0 saturated heterocycles. The number of hydrogen-bond donors (Lipinski definition) is 0. The number of nitrogens with zero attached hydrogens (tertiary/aromatic N) is 3. The summed E-state index contributed by atoms with van der Waals surface area (Å²) in [6, 6.07) is 9.86. The Morgan fingerprint density at radius 3 is 2.43 bits per heavy atom. The van der Waals surface area contributed by atoms with Crippen molar-refractivity contribution in [1.82, 2.24) is 10.1 Å². The van der Waals surface area contributed by atoms with E-state index >= 15 is 0 Å². The monoisotopic (exact) mass is 459 g/mol. The fourth-order valence-electron chi connectivity index (χ4n) is 2.41. The van der Waals surface area contributed by atoms with Crippen LogP contribution < -0.4 is 4.74 Å². The van der Waals surface area contributed by atoms with Crippen LogP contribution in [0.1, 0.15) is 16.2 Å². The molecule has 1 heterocycles. The van der Waals surface area contributed by atoms with E-state index in [1.807, 2.05) is 0 Å². The smallest absolute Gasteiger partial charge is 0.471 e. The van der Waals surface area contributed by atoms with Crippen LogP contribution in [0.25, 0.3) is 11.4 Å². The molecule has 0 spiro atoms. The number of benzene rings is 2. The Balaban J connectivity index is 1.96. The Hall–Kier alpha value is -2.92. The summed E-state index contributed by atoms with van der Waals surface area (Å²) < 4.78 is 64.0. The first-order valence-corrected chi connectivity index (χ1v) is 10.4. The van der Waals surface area contributed by atoms with E-state index in [2.05, 4.69) is 19.0 Å². The van der Waals surface area contributed by atoms with E-state index in [0.29, 0.717) is 9.92 Å². The maximum Gasteiger partial charge on any atom is 0.471 e. The molecule has 3 rings (SSSR count). The fourth-order valence-corrected chi connectivity index (χ4v) is 3.70. The molecule has 1 aromatic heterocycles. The average molecular weight is 460 g/mol. The molecular formula is C18H13ClF3N3O4S. The maximum atomic E-state index is 12.8. The molecule has 12 heteroatoms. The van der Waals surface area contributed by atoms with Gasteiger partial charge in [0.25, 0.3) is 5.91 Å². The van der Waals surface area contributed by atoms with E-state index in [1.165, 1.54) is 55.8 Å². The lowest BCUT2D eigenvalue weighted by Crippen LogP contribution is -2.05. The quantitative estimate of drug-likeness (QED) is 0.560. The van der Waals surface area contributed by atoms with E-state index < -0.39 is 27.7 Å². The summed E-state index contributed by atoms with van der Waals surface area (Å²) in [7, 11) is -1.80. The number of alkyl halides is 3. The second-order valence-electron chi connectivity index (χ2n) is 5.99. The summed E-state index contributed by atoms with van der Waals surface area (Å²) in [5, 5.41) is 3.73. The summed E-state index contributed by atoms with van der Waals surface area (Å²) >= 11 is 5.81.